The van der Waals surface area contributed by atoms with E-state index in [1.807, 2.05) is 18.2 Å². The van der Waals surface area contributed by atoms with E-state index >= 15 is 0 Å². The minimum atomic E-state index is -0.690. The molecular weight excluding hydrogens is 376 g/mol. The molecule has 1 heterocycles. The summed E-state index contributed by atoms with van der Waals surface area (Å²) in [5.41, 5.74) is 0.438. The Morgan fingerprint density at radius 1 is 1.07 bits per heavy atom. The third-order valence-electron chi connectivity index (χ3n) is 4.02. The molecule has 0 radical (unpaired) electrons. The van der Waals surface area contributed by atoms with Crippen molar-refractivity contribution in [3.63, 3.8) is 0 Å². The van der Waals surface area contributed by atoms with Crippen LogP contribution >= 0.6 is 0 Å². The van der Waals surface area contributed by atoms with Crippen LogP contribution in [-0.2, 0) is 16.1 Å². The number of amides is 2. The van der Waals surface area contributed by atoms with E-state index in [-0.39, 0.29) is 18.4 Å². The number of hydrogen-bond donors (Lipinski definition) is 2. The molecule has 29 heavy (non-hydrogen) atoms. The second kappa shape index (κ2) is 8.83. The van der Waals surface area contributed by atoms with Crippen LogP contribution in [0.1, 0.15) is 6.92 Å². The standard InChI is InChI=1S/C19H20N6O4/c1-13(29-16-6-4-3-5-7-16)18(27)21-14-8-10-15(11-9-14)25-19(28)24(22-23-25)12-17(26)20-2/h3-11,13H,12H2,1-2H3,(H,20,26)(H,21,27)/t13-/m0/s1. The van der Waals surface area contributed by atoms with Crippen molar-refractivity contribution in [1.82, 2.24) is 25.1 Å². The smallest absolute Gasteiger partial charge is 0.368 e. The average molecular weight is 396 g/mol. The van der Waals surface area contributed by atoms with Crippen LogP contribution in [0.2, 0.25) is 0 Å². The van der Waals surface area contributed by atoms with Crippen molar-refractivity contribution in [2.75, 3.05) is 12.4 Å². The molecule has 2 N–H and O–H groups in total. The molecule has 150 valence electrons. The van der Waals surface area contributed by atoms with E-state index in [9.17, 15) is 14.4 Å². The molecule has 0 aliphatic carbocycles. The Kier molecular flexibility index (Phi) is 6.03. The fraction of sp³-hybridized carbons (Fsp3) is 0.211. The number of carbonyl (C=O) groups excluding carboxylic acids is 2. The number of tetrazole rings is 1. The second-order valence-corrected chi connectivity index (χ2v) is 6.11. The summed E-state index contributed by atoms with van der Waals surface area (Å²) in [6.45, 7) is 1.43. The van der Waals surface area contributed by atoms with Gasteiger partial charge in [0, 0.05) is 12.7 Å². The number of ether oxygens (including phenoxy) is 1. The topological polar surface area (TPSA) is 120 Å². The highest BCUT2D eigenvalue weighted by Crippen LogP contribution is 2.14. The van der Waals surface area contributed by atoms with E-state index in [1.165, 1.54) is 7.05 Å². The van der Waals surface area contributed by atoms with Crippen molar-refractivity contribution in [3.8, 4) is 11.4 Å². The van der Waals surface area contributed by atoms with Gasteiger partial charge >= 0.3 is 5.69 Å². The van der Waals surface area contributed by atoms with Gasteiger partial charge in [0.15, 0.2) is 6.10 Å². The Morgan fingerprint density at radius 3 is 2.41 bits per heavy atom. The summed E-state index contributed by atoms with van der Waals surface area (Å²) in [7, 11) is 1.47. The van der Waals surface area contributed by atoms with E-state index in [0.29, 0.717) is 17.1 Å². The van der Waals surface area contributed by atoms with Crippen LogP contribution in [0.25, 0.3) is 5.69 Å². The quantitative estimate of drug-likeness (QED) is 0.603. The Balaban J connectivity index is 1.65. The maximum absolute atomic E-state index is 12.3. The summed E-state index contributed by atoms with van der Waals surface area (Å²) in [5, 5.41) is 12.6. The minimum absolute atomic E-state index is 0.219. The molecule has 0 aliphatic heterocycles. The molecule has 0 spiro atoms. The molecule has 2 aromatic carbocycles. The number of aromatic nitrogens is 4. The molecule has 10 nitrogen and oxygen atoms in total. The first kappa shape index (κ1) is 19.8. The van der Waals surface area contributed by atoms with E-state index in [2.05, 4.69) is 21.1 Å². The molecule has 3 rings (SSSR count). The van der Waals surface area contributed by atoms with Crippen LogP contribution in [0, 0.1) is 0 Å². The zero-order valence-corrected chi connectivity index (χ0v) is 15.9. The average Bonchev–Trinajstić information content (AvgIpc) is 3.09. The molecule has 2 amide bonds. The van der Waals surface area contributed by atoms with Crippen molar-refractivity contribution in [2.24, 2.45) is 0 Å². The van der Waals surface area contributed by atoms with Crippen LogP contribution in [0.4, 0.5) is 5.69 Å². The molecule has 0 saturated heterocycles. The Labute approximate surface area is 166 Å². The number of nitrogens with zero attached hydrogens (tertiary/aromatic N) is 4. The van der Waals surface area contributed by atoms with Gasteiger partial charge in [-0.15, -0.1) is 0 Å². The van der Waals surface area contributed by atoms with Crippen molar-refractivity contribution in [2.45, 2.75) is 19.6 Å². The lowest BCUT2D eigenvalue weighted by Crippen LogP contribution is -2.31. The lowest BCUT2D eigenvalue weighted by Gasteiger charge is -2.14. The Morgan fingerprint density at radius 2 is 1.76 bits per heavy atom. The lowest BCUT2D eigenvalue weighted by atomic mass is 10.2. The third kappa shape index (κ3) is 4.86. The maximum Gasteiger partial charge on any atom is 0.368 e. The second-order valence-electron chi connectivity index (χ2n) is 6.11. The molecule has 0 saturated carbocycles. The highest BCUT2D eigenvalue weighted by Gasteiger charge is 2.15. The van der Waals surface area contributed by atoms with E-state index in [0.717, 1.165) is 9.36 Å². The zero-order valence-electron chi connectivity index (χ0n) is 15.9. The van der Waals surface area contributed by atoms with Gasteiger partial charge in [0.2, 0.25) is 5.91 Å². The predicted molar refractivity (Wildman–Crippen MR) is 105 cm³/mol. The van der Waals surface area contributed by atoms with E-state index in [1.54, 1.807) is 43.3 Å². The highest BCUT2D eigenvalue weighted by molar-refractivity contribution is 5.94. The first-order valence-electron chi connectivity index (χ1n) is 8.84. The van der Waals surface area contributed by atoms with Gasteiger partial charge in [-0.05, 0) is 53.7 Å². The number of hydrogen-bond acceptors (Lipinski definition) is 6. The summed E-state index contributed by atoms with van der Waals surface area (Å²) < 4.78 is 7.61. The van der Waals surface area contributed by atoms with Gasteiger partial charge in [0.05, 0.1) is 5.69 Å². The van der Waals surface area contributed by atoms with Crippen LogP contribution in [0.3, 0.4) is 0 Å². The van der Waals surface area contributed by atoms with Gasteiger partial charge < -0.3 is 15.4 Å². The van der Waals surface area contributed by atoms with Gasteiger partial charge in [0.25, 0.3) is 5.91 Å². The maximum atomic E-state index is 12.3. The monoisotopic (exact) mass is 396 g/mol. The largest absolute Gasteiger partial charge is 0.481 e. The van der Waals surface area contributed by atoms with E-state index < -0.39 is 11.8 Å². The fourth-order valence-corrected chi connectivity index (χ4v) is 2.44. The fourth-order valence-electron chi connectivity index (χ4n) is 2.44. The molecule has 1 aromatic heterocycles. The Hall–Kier alpha value is -3.95. The van der Waals surface area contributed by atoms with Crippen LogP contribution in [0.15, 0.2) is 59.4 Å². The molecule has 0 bridgehead atoms. The zero-order chi connectivity index (χ0) is 20.8. The van der Waals surface area contributed by atoms with Crippen LogP contribution in [-0.4, -0.2) is 44.8 Å². The first-order valence-corrected chi connectivity index (χ1v) is 8.84. The SMILES string of the molecule is CNC(=O)Cn1nnn(-c2ccc(NC(=O)[C@H](C)Oc3ccccc3)cc2)c1=O. The van der Waals surface area contributed by atoms with Gasteiger partial charge in [-0.2, -0.15) is 9.36 Å². The highest BCUT2D eigenvalue weighted by atomic mass is 16.5. The van der Waals surface area contributed by atoms with Gasteiger partial charge in [0.1, 0.15) is 12.3 Å². The molecule has 3 aromatic rings. The van der Waals surface area contributed by atoms with Crippen molar-refractivity contribution < 1.29 is 14.3 Å². The minimum Gasteiger partial charge on any atom is -0.481 e. The summed E-state index contributed by atoms with van der Waals surface area (Å²) in [6.07, 6.45) is -0.690. The molecule has 1 atom stereocenters. The van der Waals surface area contributed by atoms with Crippen molar-refractivity contribution in [1.29, 1.82) is 0 Å². The van der Waals surface area contributed by atoms with Gasteiger partial charge in [-0.25, -0.2) is 4.79 Å². The number of benzene rings is 2. The number of para-hydroxylation sites is 1. The number of nitrogens with one attached hydrogen (secondary N) is 2. The first-order chi connectivity index (χ1) is 14.0. The normalized spacial score (nSPS) is 11.5. The molecular formula is C19H20N6O4. The van der Waals surface area contributed by atoms with Crippen molar-refractivity contribution >= 4 is 17.5 Å². The number of anilines is 1. The Bertz CT molecular complexity index is 1040. The number of likely N-dealkylation sites (N-methyl/N-ethyl adjacent to an activating group) is 1. The summed E-state index contributed by atoms with van der Waals surface area (Å²) in [6, 6.07) is 15.5. The van der Waals surface area contributed by atoms with Crippen LogP contribution < -0.4 is 21.1 Å². The summed E-state index contributed by atoms with van der Waals surface area (Å²) >= 11 is 0. The molecule has 0 fully saturated rings. The van der Waals surface area contributed by atoms with Gasteiger partial charge in [-0.3, -0.25) is 9.59 Å². The number of carbonyl (C=O) groups is 2. The van der Waals surface area contributed by atoms with Crippen LogP contribution in [0.5, 0.6) is 5.75 Å². The molecule has 0 unspecified atom stereocenters. The third-order valence-corrected chi connectivity index (χ3v) is 4.02. The van der Waals surface area contributed by atoms with E-state index in [4.69, 9.17) is 4.74 Å². The molecule has 0 aliphatic rings. The predicted octanol–water partition coefficient (Wildman–Crippen LogP) is 0.581. The van der Waals surface area contributed by atoms with Gasteiger partial charge in [-0.1, -0.05) is 18.2 Å². The summed E-state index contributed by atoms with van der Waals surface area (Å²) in [5.74, 6) is -0.0657. The summed E-state index contributed by atoms with van der Waals surface area (Å²) in [4.78, 5) is 36.0. The van der Waals surface area contributed by atoms with Crippen molar-refractivity contribution in [3.05, 3.63) is 65.1 Å². The molecule has 10 heteroatoms. The lowest BCUT2D eigenvalue weighted by molar-refractivity contribution is -0.122. The number of rotatable bonds is 7.